The third kappa shape index (κ3) is 5.58. The second kappa shape index (κ2) is 11.0. The Hall–Kier alpha value is -3.98. The highest BCUT2D eigenvalue weighted by Crippen LogP contribution is 2.27. The lowest BCUT2D eigenvalue weighted by molar-refractivity contribution is -0.124. The van der Waals surface area contributed by atoms with Gasteiger partial charge in [-0.15, -0.1) is 0 Å². The van der Waals surface area contributed by atoms with Crippen LogP contribution in [0, 0.1) is 0 Å². The van der Waals surface area contributed by atoms with Crippen LogP contribution in [0.25, 0.3) is 0 Å². The number of nitrogens with zero attached hydrogens (tertiary/aromatic N) is 3. The van der Waals surface area contributed by atoms with Gasteiger partial charge in [0.2, 0.25) is 5.91 Å². The van der Waals surface area contributed by atoms with Crippen LogP contribution in [0.5, 0.6) is 11.5 Å². The lowest BCUT2D eigenvalue weighted by Gasteiger charge is -2.24. The summed E-state index contributed by atoms with van der Waals surface area (Å²) in [5.41, 5.74) is 2.27. The standard InChI is InChI=1S/C26H26N4O4S/c1-33-21-9-5-18(6-10-21)13-15-29-23(16-24(31)28-19-7-11-22(34-2)12-8-19)25(32)30(26(29)35)20-4-3-14-27-17-20/h3-12,14,17,23H,13,15-16H2,1-2H3,(H,28,31). The van der Waals surface area contributed by atoms with Crippen molar-refractivity contribution >= 4 is 40.5 Å². The maximum atomic E-state index is 13.4. The number of ether oxygens (including phenoxy) is 2. The first-order valence-corrected chi connectivity index (χ1v) is 11.5. The van der Waals surface area contributed by atoms with Crippen LogP contribution in [0.4, 0.5) is 11.4 Å². The quantitative estimate of drug-likeness (QED) is 0.458. The van der Waals surface area contributed by atoms with E-state index < -0.39 is 6.04 Å². The largest absolute Gasteiger partial charge is 0.497 e. The van der Waals surface area contributed by atoms with Gasteiger partial charge >= 0.3 is 0 Å². The van der Waals surface area contributed by atoms with E-state index in [1.165, 1.54) is 4.90 Å². The SMILES string of the molecule is COc1ccc(CCN2C(=S)N(c3cccnc3)C(=O)C2CC(=O)Nc2ccc(OC)cc2)cc1. The molecule has 1 aromatic heterocycles. The Morgan fingerprint density at radius 2 is 1.69 bits per heavy atom. The van der Waals surface area contributed by atoms with Crippen molar-refractivity contribution in [2.75, 3.05) is 31.0 Å². The number of anilines is 2. The fourth-order valence-electron chi connectivity index (χ4n) is 3.91. The Bertz CT molecular complexity index is 1190. The van der Waals surface area contributed by atoms with Crippen LogP contribution in [0.15, 0.2) is 73.1 Å². The molecule has 1 N–H and O–H groups in total. The number of nitrogens with one attached hydrogen (secondary N) is 1. The van der Waals surface area contributed by atoms with Gasteiger partial charge in [-0.1, -0.05) is 12.1 Å². The number of carbonyl (C=O) groups excluding carboxylic acids is 2. The zero-order valence-corrected chi connectivity index (χ0v) is 20.3. The van der Waals surface area contributed by atoms with E-state index in [0.717, 1.165) is 11.3 Å². The fourth-order valence-corrected chi connectivity index (χ4v) is 4.33. The lowest BCUT2D eigenvalue weighted by atomic mass is 10.1. The van der Waals surface area contributed by atoms with E-state index in [1.807, 2.05) is 29.2 Å². The highest BCUT2D eigenvalue weighted by molar-refractivity contribution is 7.80. The van der Waals surface area contributed by atoms with Crippen molar-refractivity contribution in [3.8, 4) is 11.5 Å². The molecule has 1 unspecified atom stereocenters. The summed E-state index contributed by atoms with van der Waals surface area (Å²) in [4.78, 5) is 33.7. The lowest BCUT2D eigenvalue weighted by Crippen LogP contribution is -2.39. The summed E-state index contributed by atoms with van der Waals surface area (Å²) in [7, 11) is 3.20. The molecule has 1 aliphatic rings. The van der Waals surface area contributed by atoms with Crippen LogP contribution in [-0.2, 0) is 16.0 Å². The monoisotopic (exact) mass is 490 g/mol. The van der Waals surface area contributed by atoms with Gasteiger partial charge in [0.15, 0.2) is 5.11 Å². The van der Waals surface area contributed by atoms with Crippen molar-refractivity contribution in [2.24, 2.45) is 0 Å². The first-order chi connectivity index (χ1) is 17.0. The molecule has 3 aromatic rings. The number of hydrogen-bond donors (Lipinski definition) is 1. The zero-order chi connectivity index (χ0) is 24.8. The Balaban J connectivity index is 1.52. The Morgan fingerprint density at radius 1 is 1.03 bits per heavy atom. The molecule has 0 radical (unpaired) electrons. The van der Waals surface area contributed by atoms with Crippen LogP contribution in [0.2, 0.25) is 0 Å². The van der Waals surface area contributed by atoms with Crippen molar-refractivity contribution in [3.05, 3.63) is 78.6 Å². The third-order valence-corrected chi connectivity index (χ3v) is 6.19. The molecule has 0 bridgehead atoms. The molecule has 0 spiro atoms. The summed E-state index contributed by atoms with van der Waals surface area (Å²) in [6.45, 7) is 0.480. The highest BCUT2D eigenvalue weighted by Gasteiger charge is 2.44. The van der Waals surface area contributed by atoms with Crippen LogP contribution in [0.1, 0.15) is 12.0 Å². The molecule has 9 heteroatoms. The van der Waals surface area contributed by atoms with E-state index in [2.05, 4.69) is 10.3 Å². The van der Waals surface area contributed by atoms with Crippen LogP contribution >= 0.6 is 12.2 Å². The molecule has 8 nitrogen and oxygen atoms in total. The van der Waals surface area contributed by atoms with Crippen LogP contribution in [-0.4, -0.2) is 53.6 Å². The van der Waals surface area contributed by atoms with E-state index in [0.29, 0.717) is 35.2 Å². The number of carbonyl (C=O) groups is 2. The van der Waals surface area contributed by atoms with Crippen molar-refractivity contribution in [1.29, 1.82) is 0 Å². The van der Waals surface area contributed by atoms with Gasteiger partial charge in [-0.05, 0) is 72.7 Å². The predicted molar refractivity (Wildman–Crippen MR) is 138 cm³/mol. The van der Waals surface area contributed by atoms with Gasteiger partial charge in [0, 0.05) is 18.4 Å². The first-order valence-electron chi connectivity index (χ1n) is 11.1. The molecule has 35 heavy (non-hydrogen) atoms. The number of benzene rings is 2. The number of amides is 2. The van der Waals surface area contributed by atoms with E-state index in [1.54, 1.807) is 63.0 Å². The Kier molecular flexibility index (Phi) is 7.57. The molecule has 0 aliphatic carbocycles. The Labute approximate surface area is 209 Å². The zero-order valence-electron chi connectivity index (χ0n) is 19.5. The van der Waals surface area contributed by atoms with Gasteiger partial charge in [0.1, 0.15) is 17.5 Å². The minimum absolute atomic E-state index is 0.0373. The highest BCUT2D eigenvalue weighted by atomic mass is 32.1. The second-order valence-corrected chi connectivity index (χ2v) is 8.32. The minimum atomic E-state index is -0.723. The number of thiocarbonyl (C=S) groups is 1. The van der Waals surface area contributed by atoms with Gasteiger partial charge in [0.25, 0.3) is 5.91 Å². The summed E-state index contributed by atoms with van der Waals surface area (Å²) in [5.74, 6) is 0.939. The molecule has 2 heterocycles. The van der Waals surface area contributed by atoms with Crippen LogP contribution in [0.3, 0.4) is 0 Å². The predicted octanol–water partition coefficient (Wildman–Crippen LogP) is 3.67. The minimum Gasteiger partial charge on any atom is -0.497 e. The second-order valence-electron chi connectivity index (χ2n) is 7.96. The molecule has 1 atom stereocenters. The molecule has 0 saturated carbocycles. The fraction of sp³-hybridized carbons (Fsp3) is 0.231. The molecule has 1 fully saturated rings. The van der Waals surface area contributed by atoms with Crippen molar-refractivity contribution in [2.45, 2.75) is 18.9 Å². The average Bonchev–Trinajstić information content (AvgIpc) is 3.12. The summed E-state index contributed by atoms with van der Waals surface area (Å²) < 4.78 is 10.4. The molecule has 4 rings (SSSR count). The first kappa shape index (κ1) is 24.2. The summed E-state index contributed by atoms with van der Waals surface area (Å²) in [6, 6.07) is 17.6. The molecule has 2 aromatic carbocycles. The molecule has 1 aliphatic heterocycles. The normalized spacial score (nSPS) is 15.3. The van der Waals surface area contributed by atoms with E-state index in [4.69, 9.17) is 21.7 Å². The van der Waals surface area contributed by atoms with Gasteiger partial charge in [-0.2, -0.15) is 0 Å². The van der Waals surface area contributed by atoms with Crippen molar-refractivity contribution in [3.63, 3.8) is 0 Å². The van der Waals surface area contributed by atoms with Crippen LogP contribution < -0.4 is 19.7 Å². The van der Waals surface area contributed by atoms with Crippen molar-refractivity contribution < 1.29 is 19.1 Å². The molecular weight excluding hydrogens is 464 g/mol. The molecule has 180 valence electrons. The number of methoxy groups -OCH3 is 2. The summed E-state index contributed by atoms with van der Waals surface area (Å²) in [6.07, 6.45) is 3.83. The molecular formula is C26H26N4O4S. The maximum absolute atomic E-state index is 13.4. The van der Waals surface area contributed by atoms with Gasteiger partial charge < -0.3 is 19.7 Å². The summed E-state index contributed by atoms with van der Waals surface area (Å²) >= 11 is 5.70. The number of hydrogen-bond acceptors (Lipinski definition) is 6. The van der Waals surface area contributed by atoms with Crippen molar-refractivity contribution in [1.82, 2.24) is 9.88 Å². The number of aromatic nitrogens is 1. The molecule has 2 amide bonds. The van der Waals surface area contributed by atoms with E-state index >= 15 is 0 Å². The van der Waals surface area contributed by atoms with Gasteiger partial charge in [-0.3, -0.25) is 19.5 Å². The molecule has 1 saturated heterocycles. The summed E-state index contributed by atoms with van der Waals surface area (Å²) in [5, 5.41) is 3.22. The Morgan fingerprint density at radius 3 is 2.29 bits per heavy atom. The number of pyridine rings is 1. The maximum Gasteiger partial charge on any atom is 0.256 e. The van der Waals surface area contributed by atoms with Gasteiger partial charge in [0.05, 0.1) is 32.5 Å². The van der Waals surface area contributed by atoms with E-state index in [9.17, 15) is 9.59 Å². The smallest absolute Gasteiger partial charge is 0.256 e. The van der Waals surface area contributed by atoms with E-state index in [-0.39, 0.29) is 18.2 Å². The topological polar surface area (TPSA) is 84.0 Å². The van der Waals surface area contributed by atoms with Gasteiger partial charge in [-0.25, -0.2) is 0 Å². The number of rotatable bonds is 9. The average molecular weight is 491 g/mol. The third-order valence-electron chi connectivity index (χ3n) is 5.78.